The van der Waals surface area contributed by atoms with Crippen LogP contribution in [0.25, 0.3) is 5.70 Å². The van der Waals surface area contributed by atoms with Crippen molar-refractivity contribution in [3.05, 3.63) is 56.8 Å². The van der Waals surface area contributed by atoms with E-state index >= 15 is 0 Å². The number of Topliss-reactive ketones (excluding diaryl/α,β-unsaturated/α-hetero) is 1. The zero-order valence-corrected chi connectivity index (χ0v) is 13.0. The number of carbonyl (C=O) groups is 2. The van der Waals surface area contributed by atoms with Gasteiger partial charge in [0.1, 0.15) is 11.7 Å². The first-order chi connectivity index (χ1) is 11.1. The Hall–Kier alpha value is -2.80. The number of anilines is 1. The predicted octanol–water partition coefficient (Wildman–Crippen LogP) is 3.66. The number of nitrogens with zero attached hydrogens (tertiary/aromatic N) is 2. The number of amides is 2. The number of hydrogen-bond donors (Lipinski definition) is 2. The van der Waals surface area contributed by atoms with Crippen LogP contribution in [-0.2, 0) is 0 Å². The summed E-state index contributed by atoms with van der Waals surface area (Å²) in [6.07, 6.45) is 0. The van der Waals surface area contributed by atoms with Crippen LogP contribution in [0, 0.1) is 6.92 Å². The average molecular weight is 324 g/mol. The van der Waals surface area contributed by atoms with E-state index in [1.54, 1.807) is 23.5 Å². The lowest BCUT2D eigenvalue weighted by Crippen LogP contribution is -2.20. The van der Waals surface area contributed by atoms with Crippen LogP contribution in [-0.4, -0.2) is 11.8 Å². The average Bonchev–Trinajstić information content (AvgIpc) is 3.16. The molecule has 114 valence electrons. The van der Waals surface area contributed by atoms with Gasteiger partial charge >= 0.3 is 6.03 Å². The highest BCUT2D eigenvalue weighted by Crippen LogP contribution is 2.49. The number of thiophene rings is 1. The normalized spacial score (nSPS) is 18.3. The van der Waals surface area contributed by atoms with Crippen molar-refractivity contribution in [1.29, 1.82) is 0 Å². The first-order valence-corrected chi connectivity index (χ1v) is 7.84. The maximum Gasteiger partial charge on any atom is 0.316 e. The fourth-order valence-electron chi connectivity index (χ4n) is 2.97. The first kappa shape index (κ1) is 13.8. The second-order valence-corrected chi connectivity index (χ2v) is 6.67. The maximum absolute atomic E-state index is 12.9. The molecule has 0 saturated carbocycles. The number of nitrogens with one attached hydrogen (secondary N) is 1. The van der Waals surface area contributed by atoms with Gasteiger partial charge in [0.2, 0.25) is 0 Å². The van der Waals surface area contributed by atoms with Gasteiger partial charge in [0, 0.05) is 4.88 Å². The molecule has 3 N–H and O–H groups in total. The largest absolute Gasteiger partial charge is 0.351 e. The molecule has 4 rings (SSSR count). The highest BCUT2D eigenvalue weighted by molar-refractivity contribution is 7.13. The summed E-state index contributed by atoms with van der Waals surface area (Å²) >= 11 is 1.58. The van der Waals surface area contributed by atoms with Gasteiger partial charge in [0.15, 0.2) is 5.78 Å². The van der Waals surface area contributed by atoms with Crippen LogP contribution < -0.4 is 11.1 Å². The number of urea groups is 1. The molecule has 23 heavy (non-hydrogen) atoms. The summed E-state index contributed by atoms with van der Waals surface area (Å²) in [5.41, 5.74) is 8.00. The molecular weight excluding hydrogens is 312 g/mol. The van der Waals surface area contributed by atoms with E-state index in [9.17, 15) is 9.59 Å². The number of primary amides is 1. The van der Waals surface area contributed by atoms with E-state index in [1.807, 2.05) is 25.1 Å². The zero-order valence-electron chi connectivity index (χ0n) is 12.2. The van der Waals surface area contributed by atoms with Gasteiger partial charge in [0.25, 0.3) is 0 Å². The maximum atomic E-state index is 12.9. The monoisotopic (exact) mass is 324 g/mol. The van der Waals surface area contributed by atoms with Crippen LogP contribution in [0.3, 0.4) is 0 Å². The van der Waals surface area contributed by atoms with Crippen molar-refractivity contribution in [3.8, 4) is 0 Å². The molecule has 0 fully saturated rings. The van der Waals surface area contributed by atoms with Gasteiger partial charge in [-0.3, -0.25) is 4.79 Å². The molecule has 0 spiro atoms. The molecule has 1 aromatic carbocycles. The smallest absolute Gasteiger partial charge is 0.316 e. The summed E-state index contributed by atoms with van der Waals surface area (Å²) < 4.78 is 0. The second kappa shape index (κ2) is 4.85. The van der Waals surface area contributed by atoms with Crippen molar-refractivity contribution in [2.24, 2.45) is 16.0 Å². The Balaban J connectivity index is 1.88. The molecular formula is C16H12N4O2S. The van der Waals surface area contributed by atoms with Crippen LogP contribution in [0.15, 0.2) is 46.1 Å². The Bertz CT molecular complexity index is 926. The lowest BCUT2D eigenvalue weighted by molar-refractivity contribution is 0.103. The second-order valence-electron chi connectivity index (χ2n) is 5.38. The fourth-order valence-corrected chi connectivity index (χ4v) is 3.84. The van der Waals surface area contributed by atoms with Crippen molar-refractivity contribution in [2.45, 2.75) is 13.0 Å². The van der Waals surface area contributed by atoms with Crippen molar-refractivity contribution < 1.29 is 9.59 Å². The van der Waals surface area contributed by atoms with Crippen LogP contribution in [0.1, 0.15) is 31.7 Å². The predicted molar refractivity (Wildman–Crippen MR) is 87.6 cm³/mol. The van der Waals surface area contributed by atoms with Gasteiger partial charge in [-0.25, -0.2) is 4.79 Å². The minimum Gasteiger partial charge on any atom is -0.351 e. The zero-order chi connectivity index (χ0) is 16.1. The SMILES string of the molecule is Cc1ccc(C2=C3C(=O)c4c(NC(N)=O)cccc4C3N=N2)s1. The van der Waals surface area contributed by atoms with Gasteiger partial charge in [-0.05, 0) is 30.7 Å². The number of aryl methyl sites for hydroxylation is 1. The topological polar surface area (TPSA) is 96.9 Å². The molecule has 1 aliphatic carbocycles. The van der Waals surface area contributed by atoms with E-state index in [1.165, 1.54) is 0 Å². The summed E-state index contributed by atoms with van der Waals surface area (Å²) in [7, 11) is 0. The number of azo groups is 1. The van der Waals surface area contributed by atoms with Gasteiger partial charge in [-0.1, -0.05) is 12.1 Å². The molecule has 1 aliphatic heterocycles. The summed E-state index contributed by atoms with van der Waals surface area (Å²) in [5, 5.41) is 11.0. The summed E-state index contributed by atoms with van der Waals surface area (Å²) in [6.45, 7) is 2.00. The first-order valence-electron chi connectivity index (χ1n) is 7.02. The lowest BCUT2D eigenvalue weighted by Gasteiger charge is -2.07. The molecule has 1 unspecified atom stereocenters. The number of ketones is 1. The Morgan fingerprint density at radius 1 is 1.30 bits per heavy atom. The van der Waals surface area contributed by atoms with E-state index in [0.29, 0.717) is 22.5 Å². The van der Waals surface area contributed by atoms with E-state index < -0.39 is 12.1 Å². The summed E-state index contributed by atoms with van der Waals surface area (Å²) in [4.78, 5) is 26.1. The lowest BCUT2D eigenvalue weighted by atomic mass is 10.1. The summed E-state index contributed by atoms with van der Waals surface area (Å²) in [6, 6.07) is 8.10. The van der Waals surface area contributed by atoms with Crippen LogP contribution in [0.4, 0.5) is 10.5 Å². The molecule has 2 heterocycles. The summed E-state index contributed by atoms with van der Waals surface area (Å²) in [5.74, 6) is -0.152. The number of fused-ring (bicyclic) bond motifs is 3. The van der Waals surface area contributed by atoms with Gasteiger partial charge in [-0.15, -0.1) is 11.3 Å². The van der Waals surface area contributed by atoms with Gasteiger partial charge in [-0.2, -0.15) is 10.2 Å². The molecule has 2 aromatic rings. The van der Waals surface area contributed by atoms with Crippen molar-refractivity contribution in [1.82, 2.24) is 0 Å². The Morgan fingerprint density at radius 2 is 2.13 bits per heavy atom. The molecule has 0 saturated heterocycles. The van der Waals surface area contributed by atoms with Crippen LogP contribution >= 0.6 is 11.3 Å². The number of rotatable bonds is 2. The number of carbonyl (C=O) groups excluding carboxylic acids is 2. The third-order valence-corrected chi connectivity index (χ3v) is 4.90. The number of benzene rings is 1. The standard InChI is InChI=1S/C16H12N4O2S/c1-7-5-6-10(23-7)14-12-13(19-20-14)8-3-2-4-9(18-16(17)22)11(8)15(12)21/h2-6,13H,1H3,(H3,17,18,22). The van der Waals surface area contributed by atoms with Crippen LogP contribution in [0.2, 0.25) is 0 Å². The third kappa shape index (κ3) is 2.01. The molecule has 2 amide bonds. The molecule has 1 atom stereocenters. The molecule has 1 aromatic heterocycles. The fraction of sp³-hybridized carbons (Fsp3) is 0.125. The Morgan fingerprint density at radius 3 is 2.83 bits per heavy atom. The third-order valence-electron chi connectivity index (χ3n) is 3.90. The molecule has 2 aliphatic rings. The van der Waals surface area contributed by atoms with E-state index in [4.69, 9.17) is 5.73 Å². The molecule has 7 heteroatoms. The molecule has 0 bridgehead atoms. The van der Waals surface area contributed by atoms with E-state index in [-0.39, 0.29) is 5.78 Å². The van der Waals surface area contributed by atoms with E-state index in [0.717, 1.165) is 15.3 Å². The van der Waals surface area contributed by atoms with E-state index in [2.05, 4.69) is 15.5 Å². The minimum absolute atomic E-state index is 0.152. The highest BCUT2D eigenvalue weighted by atomic mass is 32.1. The molecule has 0 radical (unpaired) electrons. The van der Waals surface area contributed by atoms with Crippen molar-refractivity contribution in [2.75, 3.05) is 5.32 Å². The van der Waals surface area contributed by atoms with Crippen molar-refractivity contribution in [3.63, 3.8) is 0 Å². The van der Waals surface area contributed by atoms with Crippen LogP contribution in [0.5, 0.6) is 0 Å². The minimum atomic E-state index is -0.701. The highest BCUT2D eigenvalue weighted by Gasteiger charge is 2.42. The van der Waals surface area contributed by atoms with Gasteiger partial charge in [0.05, 0.1) is 21.7 Å². The Labute approximate surface area is 135 Å². The number of hydrogen-bond acceptors (Lipinski definition) is 5. The number of nitrogens with two attached hydrogens (primary N) is 1. The van der Waals surface area contributed by atoms with Crippen molar-refractivity contribution >= 4 is 34.5 Å². The van der Waals surface area contributed by atoms with Gasteiger partial charge < -0.3 is 11.1 Å². The Kier molecular flexibility index (Phi) is 2.92. The molecule has 6 nitrogen and oxygen atoms in total. The quantitative estimate of drug-likeness (QED) is 0.881.